The molecule has 0 radical (unpaired) electrons. The standard InChI is InChI=1S/C19H23N3O4/c1-25-14-18(23)22(11-15-4-2-7-20-10-15)17-5-3-8-21(12-17)19(24)16-6-9-26-13-16/h2,4,6-7,9-10,13,17H,3,5,8,11-12,14H2,1H3. The number of pyridine rings is 1. The number of piperidine rings is 1. The molecule has 7 nitrogen and oxygen atoms in total. The number of methoxy groups -OCH3 is 1. The third-order valence-corrected chi connectivity index (χ3v) is 4.56. The molecule has 0 spiro atoms. The summed E-state index contributed by atoms with van der Waals surface area (Å²) in [4.78, 5) is 32.9. The van der Waals surface area contributed by atoms with Crippen LogP contribution in [0.2, 0.25) is 0 Å². The summed E-state index contributed by atoms with van der Waals surface area (Å²) in [7, 11) is 1.51. The average Bonchev–Trinajstić information content (AvgIpc) is 3.21. The molecule has 7 heteroatoms. The highest BCUT2D eigenvalue weighted by atomic mass is 16.5. The van der Waals surface area contributed by atoms with Gasteiger partial charge in [0.05, 0.1) is 11.8 Å². The summed E-state index contributed by atoms with van der Waals surface area (Å²) in [5, 5.41) is 0. The van der Waals surface area contributed by atoms with Gasteiger partial charge in [-0.2, -0.15) is 0 Å². The molecular weight excluding hydrogens is 334 g/mol. The Labute approximate surface area is 152 Å². The van der Waals surface area contributed by atoms with Gasteiger partial charge in [-0.1, -0.05) is 6.07 Å². The number of rotatable bonds is 6. The first-order valence-electron chi connectivity index (χ1n) is 8.68. The van der Waals surface area contributed by atoms with E-state index >= 15 is 0 Å². The predicted molar refractivity (Wildman–Crippen MR) is 94.3 cm³/mol. The van der Waals surface area contributed by atoms with Gasteiger partial charge in [0.25, 0.3) is 5.91 Å². The number of aromatic nitrogens is 1. The fourth-order valence-corrected chi connectivity index (χ4v) is 3.28. The smallest absolute Gasteiger partial charge is 0.257 e. The van der Waals surface area contributed by atoms with E-state index in [9.17, 15) is 9.59 Å². The van der Waals surface area contributed by atoms with Gasteiger partial charge < -0.3 is 19.0 Å². The molecule has 2 amide bonds. The van der Waals surface area contributed by atoms with Gasteiger partial charge in [0, 0.05) is 45.2 Å². The molecule has 1 saturated heterocycles. The van der Waals surface area contributed by atoms with Crippen molar-refractivity contribution in [3.63, 3.8) is 0 Å². The molecule has 1 unspecified atom stereocenters. The topological polar surface area (TPSA) is 75.9 Å². The van der Waals surface area contributed by atoms with Gasteiger partial charge in [0.2, 0.25) is 5.91 Å². The van der Waals surface area contributed by atoms with Crippen LogP contribution in [0.1, 0.15) is 28.8 Å². The Balaban J connectivity index is 1.74. The molecule has 3 rings (SSSR count). The van der Waals surface area contributed by atoms with Crippen LogP contribution < -0.4 is 0 Å². The van der Waals surface area contributed by atoms with Crippen molar-refractivity contribution < 1.29 is 18.7 Å². The van der Waals surface area contributed by atoms with Gasteiger partial charge in [-0.15, -0.1) is 0 Å². The van der Waals surface area contributed by atoms with Crippen molar-refractivity contribution in [2.24, 2.45) is 0 Å². The van der Waals surface area contributed by atoms with Gasteiger partial charge in [0.1, 0.15) is 12.9 Å². The first-order valence-corrected chi connectivity index (χ1v) is 8.68. The lowest BCUT2D eigenvalue weighted by Crippen LogP contribution is -2.52. The van der Waals surface area contributed by atoms with Crippen LogP contribution in [0.15, 0.2) is 47.5 Å². The molecule has 0 aromatic carbocycles. The number of hydrogen-bond acceptors (Lipinski definition) is 5. The Bertz CT molecular complexity index is 718. The van der Waals surface area contributed by atoms with Crippen LogP contribution >= 0.6 is 0 Å². The lowest BCUT2D eigenvalue weighted by molar-refractivity contribution is -0.139. The molecular formula is C19H23N3O4. The number of nitrogens with zero attached hydrogens (tertiary/aromatic N) is 3. The Hall–Kier alpha value is -2.67. The summed E-state index contributed by atoms with van der Waals surface area (Å²) in [6.45, 7) is 1.65. The van der Waals surface area contributed by atoms with E-state index < -0.39 is 0 Å². The number of hydrogen-bond donors (Lipinski definition) is 0. The maximum atomic E-state index is 12.6. The van der Waals surface area contributed by atoms with Crippen LogP contribution in [0.3, 0.4) is 0 Å². The minimum atomic E-state index is -0.0843. The molecule has 1 aliphatic rings. The van der Waals surface area contributed by atoms with Crippen LogP contribution in [-0.2, 0) is 16.1 Å². The summed E-state index contributed by atoms with van der Waals surface area (Å²) in [6.07, 6.45) is 8.10. The van der Waals surface area contributed by atoms with E-state index in [1.807, 2.05) is 12.1 Å². The van der Waals surface area contributed by atoms with Gasteiger partial charge in [0.15, 0.2) is 0 Å². The van der Waals surface area contributed by atoms with E-state index in [0.29, 0.717) is 25.2 Å². The first kappa shape index (κ1) is 18.1. The highest BCUT2D eigenvalue weighted by Crippen LogP contribution is 2.20. The summed E-state index contributed by atoms with van der Waals surface area (Å²) in [6, 6.07) is 5.40. The van der Waals surface area contributed by atoms with E-state index in [4.69, 9.17) is 9.15 Å². The molecule has 0 aliphatic carbocycles. The summed E-state index contributed by atoms with van der Waals surface area (Å²) in [5.41, 5.74) is 1.49. The Morgan fingerprint density at radius 2 is 2.31 bits per heavy atom. The predicted octanol–water partition coefficient (Wildman–Crippen LogP) is 1.95. The molecule has 2 aromatic heterocycles. The minimum absolute atomic E-state index is 0.0203. The van der Waals surface area contributed by atoms with Crippen LogP contribution in [0.5, 0.6) is 0 Å². The molecule has 138 valence electrons. The van der Waals surface area contributed by atoms with E-state index in [0.717, 1.165) is 18.4 Å². The summed E-state index contributed by atoms with van der Waals surface area (Å²) < 4.78 is 10.1. The highest BCUT2D eigenvalue weighted by molar-refractivity contribution is 5.94. The van der Waals surface area contributed by atoms with Crippen LogP contribution in [0, 0.1) is 0 Å². The van der Waals surface area contributed by atoms with Crippen LogP contribution in [0.25, 0.3) is 0 Å². The van der Waals surface area contributed by atoms with Gasteiger partial charge in [-0.05, 0) is 30.5 Å². The monoisotopic (exact) mass is 357 g/mol. The van der Waals surface area contributed by atoms with Crippen molar-refractivity contribution in [3.8, 4) is 0 Å². The molecule has 0 bridgehead atoms. The van der Waals surface area contributed by atoms with Gasteiger partial charge in [-0.3, -0.25) is 14.6 Å². The highest BCUT2D eigenvalue weighted by Gasteiger charge is 2.31. The first-order chi connectivity index (χ1) is 12.7. The summed E-state index contributed by atoms with van der Waals surface area (Å²) in [5.74, 6) is -0.150. The fraction of sp³-hybridized carbons (Fsp3) is 0.421. The second kappa shape index (κ2) is 8.62. The van der Waals surface area contributed by atoms with E-state index in [2.05, 4.69) is 4.98 Å². The molecule has 2 aromatic rings. The molecule has 0 N–H and O–H groups in total. The quantitative estimate of drug-likeness (QED) is 0.790. The van der Waals surface area contributed by atoms with Crippen molar-refractivity contribution in [2.75, 3.05) is 26.8 Å². The third kappa shape index (κ3) is 4.29. The van der Waals surface area contributed by atoms with Crippen molar-refractivity contribution in [3.05, 3.63) is 54.2 Å². The number of amides is 2. The van der Waals surface area contributed by atoms with Crippen molar-refractivity contribution >= 4 is 11.8 Å². The largest absolute Gasteiger partial charge is 0.472 e. The molecule has 1 atom stereocenters. The van der Waals surface area contributed by atoms with E-state index in [-0.39, 0.29) is 24.5 Å². The van der Waals surface area contributed by atoms with E-state index in [1.165, 1.54) is 19.6 Å². The lowest BCUT2D eigenvalue weighted by atomic mass is 10.0. The van der Waals surface area contributed by atoms with Gasteiger partial charge in [-0.25, -0.2) is 0 Å². The second-order valence-electron chi connectivity index (χ2n) is 6.38. The Morgan fingerprint density at radius 1 is 1.42 bits per heavy atom. The molecule has 26 heavy (non-hydrogen) atoms. The van der Waals surface area contributed by atoms with Crippen molar-refractivity contribution in [2.45, 2.75) is 25.4 Å². The molecule has 3 heterocycles. The van der Waals surface area contributed by atoms with Crippen LogP contribution in [0.4, 0.5) is 0 Å². The maximum Gasteiger partial charge on any atom is 0.257 e. The van der Waals surface area contributed by atoms with Crippen molar-refractivity contribution in [1.29, 1.82) is 0 Å². The summed E-state index contributed by atoms with van der Waals surface area (Å²) >= 11 is 0. The normalized spacial score (nSPS) is 17.1. The second-order valence-corrected chi connectivity index (χ2v) is 6.38. The number of ether oxygens (including phenoxy) is 1. The SMILES string of the molecule is COCC(=O)N(Cc1cccnc1)C1CCCN(C(=O)c2ccoc2)C1. The maximum absolute atomic E-state index is 12.6. The number of carbonyl (C=O) groups excluding carboxylic acids is 2. The fourth-order valence-electron chi connectivity index (χ4n) is 3.28. The third-order valence-electron chi connectivity index (χ3n) is 4.56. The van der Waals surface area contributed by atoms with Gasteiger partial charge >= 0.3 is 0 Å². The van der Waals surface area contributed by atoms with E-state index in [1.54, 1.807) is 28.3 Å². The number of likely N-dealkylation sites (tertiary alicyclic amines) is 1. The number of carbonyl (C=O) groups is 2. The zero-order valence-corrected chi connectivity index (χ0v) is 14.8. The van der Waals surface area contributed by atoms with Crippen LogP contribution in [-0.4, -0.2) is 59.4 Å². The lowest BCUT2D eigenvalue weighted by Gasteiger charge is -2.39. The molecule has 0 saturated carbocycles. The Morgan fingerprint density at radius 3 is 3.00 bits per heavy atom. The minimum Gasteiger partial charge on any atom is -0.472 e. The average molecular weight is 357 g/mol. The zero-order valence-electron chi connectivity index (χ0n) is 14.8. The number of furan rings is 1. The zero-order chi connectivity index (χ0) is 18.4. The van der Waals surface area contributed by atoms with Crippen molar-refractivity contribution in [1.82, 2.24) is 14.8 Å². The molecule has 1 fully saturated rings. The Kier molecular flexibility index (Phi) is 6.01. The molecule has 1 aliphatic heterocycles.